The molecule has 2 atom stereocenters. The molecule has 13 heavy (non-hydrogen) atoms. The van der Waals surface area contributed by atoms with E-state index in [9.17, 15) is 0 Å². The Hall–Kier alpha value is -0.530. The van der Waals surface area contributed by atoms with E-state index in [2.05, 4.69) is 19.1 Å². The predicted octanol–water partition coefficient (Wildman–Crippen LogP) is 2.58. The number of nitrogens with two attached hydrogens (primary N) is 1. The standard InChI is InChI=1S/C11H14ClN/c1-11(6-9(11)7-13)8-3-2-4-10(12)5-8/h2-5,9H,6-7,13H2,1H3/t9-,11?/m0/s1. The van der Waals surface area contributed by atoms with Gasteiger partial charge in [0.2, 0.25) is 0 Å². The van der Waals surface area contributed by atoms with Gasteiger partial charge in [0.25, 0.3) is 0 Å². The first-order chi connectivity index (χ1) is 6.16. The Bertz CT molecular complexity index is 324. The number of benzene rings is 1. The van der Waals surface area contributed by atoms with Crippen LogP contribution in [0.25, 0.3) is 0 Å². The van der Waals surface area contributed by atoms with Gasteiger partial charge in [0.15, 0.2) is 0 Å². The topological polar surface area (TPSA) is 26.0 Å². The summed E-state index contributed by atoms with van der Waals surface area (Å²) in [4.78, 5) is 0. The number of hydrogen-bond donors (Lipinski definition) is 1. The number of halogens is 1. The van der Waals surface area contributed by atoms with E-state index in [1.807, 2.05) is 12.1 Å². The highest BCUT2D eigenvalue weighted by Gasteiger charge is 2.49. The lowest BCUT2D eigenvalue weighted by molar-refractivity contribution is 0.666. The van der Waals surface area contributed by atoms with Crippen LogP contribution in [0.5, 0.6) is 0 Å². The molecule has 70 valence electrons. The van der Waals surface area contributed by atoms with E-state index < -0.39 is 0 Å². The summed E-state index contributed by atoms with van der Waals surface area (Å²) in [6.45, 7) is 3.04. The van der Waals surface area contributed by atoms with Gasteiger partial charge in [-0.1, -0.05) is 30.7 Å². The number of rotatable bonds is 2. The quantitative estimate of drug-likeness (QED) is 0.772. The molecule has 1 nitrogen and oxygen atoms in total. The lowest BCUT2D eigenvalue weighted by Crippen LogP contribution is -2.11. The second-order valence-electron chi connectivity index (χ2n) is 4.06. The summed E-state index contributed by atoms with van der Waals surface area (Å²) in [6, 6.07) is 8.11. The van der Waals surface area contributed by atoms with Crippen molar-refractivity contribution >= 4 is 11.6 Å². The Labute approximate surface area is 83.9 Å². The third-order valence-electron chi connectivity index (χ3n) is 3.18. The summed E-state index contributed by atoms with van der Waals surface area (Å²) in [7, 11) is 0. The van der Waals surface area contributed by atoms with Gasteiger partial charge in [-0.05, 0) is 42.0 Å². The molecule has 1 fully saturated rings. The molecule has 0 aromatic heterocycles. The second-order valence-corrected chi connectivity index (χ2v) is 4.50. The van der Waals surface area contributed by atoms with Crippen LogP contribution in [0.1, 0.15) is 18.9 Å². The maximum absolute atomic E-state index is 5.94. The molecule has 2 rings (SSSR count). The first-order valence-electron chi connectivity index (χ1n) is 4.63. The van der Waals surface area contributed by atoms with E-state index in [0.717, 1.165) is 11.6 Å². The molecule has 0 radical (unpaired) electrons. The van der Waals surface area contributed by atoms with Crippen molar-refractivity contribution < 1.29 is 0 Å². The summed E-state index contributed by atoms with van der Waals surface area (Å²) in [6.07, 6.45) is 1.20. The Morgan fingerprint density at radius 1 is 1.62 bits per heavy atom. The molecular formula is C11H14ClN. The Morgan fingerprint density at radius 3 is 2.92 bits per heavy atom. The molecule has 1 aromatic rings. The SMILES string of the molecule is CC1(c2cccc(Cl)c2)C[C@H]1CN. The van der Waals surface area contributed by atoms with Crippen LogP contribution >= 0.6 is 11.6 Å². The lowest BCUT2D eigenvalue weighted by atomic mass is 9.96. The molecule has 1 aromatic carbocycles. The van der Waals surface area contributed by atoms with Crippen LogP contribution in [0, 0.1) is 5.92 Å². The van der Waals surface area contributed by atoms with Gasteiger partial charge < -0.3 is 5.73 Å². The average molecular weight is 196 g/mol. The summed E-state index contributed by atoms with van der Waals surface area (Å²) < 4.78 is 0. The molecule has 0 spiro atoms. The molecule has 1 aliphatic carbocycles. The van der Waals surface area contributed by atoms with E-state index >= 15 is 0 Å². The van der Waals surface area contributed by atoms with Crippen LogP contribution in [0.15, 0.2) is 24.3 Å². The molecule has 0 bridgehead atoms. The summed E-state index contributed by atoms with van der Waals surface area (Å²) >= 11 is 5.94. The summed E-state index contributed by atoms with van der Waals surface area (Å²) in [5.41, 5.74) is 7.27. The molecule has 2 N–H and O–H groups in total. The van der Waals surface area contributed by atoms with Gasteiger partial charge in [0.05, 0.1) is 0 Å². The predicted molar refractivity (Wildman–Crippen MR) is 56.0 cm³/mol. The van der Waals surface area contributed by atoms with Crippen LogP contribution in [-0.4, -0.2) is 6.54 Å². The minimum absolute atomic E-state index is 0.291. The first-order valence-corrected chi connectivity index (χ1v) is 5.01. The molecule has 1 saturated carbocycles. The van der Waals surface area contributed by atoms with E-state index in [4.69, 9.17) is 17.3 Å². The van der Waals surface area contributed by atoms with Crippen LogP contribution < -0.4 is 5.73 Å². The van der Waals surface area contributed by atoms with Crippen molar-refractivity contribution in [1.82, 2.24) is 0 Å². The maximum Gasteiger partial charge on any atom is 0.0408 e. The van der Waals surface area contributed by atoms with Crippen molar-refractivity contribution in [3.8, 4) is 0 Å². The van der Waals surface area contributed by atoms with Crippen molar-refractivity contribution in [2.24, 2.45) is 11.7 Å². The fourth-order valence-corrected chi connectivity index (χ4v) is 2.18. The third kappa shape index (κ3) is 1.47. The van der Waals surface area contributed by atoms with Gasteiger partial charge in [-0.15, -0.1) is 0 Å². The van der Waals surface area contributed by atoms with E-state index in [-0.39, 0.29) is 0 Å². The number of hydrogen-bond acceptors (Lipinski definition) is 1. The highest BCUT2D eigenvalue weighted by atomic mass is 35.5. The van der Waals surface area contributed by atoms with E-state index in [1.54, 1.807) is 0 Å². The second kappa shape index (κ2) is 3.00. The van der Waals surface area contributed by atoms with Gasteiger partial charge >= 0.3 is 0 Å². The molecule has 0 heterocycles. The smallest absolute Gasteiger partial charge is 0.0408 e. The normalized spacial score (nSPS) is 31.8. The molecule has 0 amide bonds. The summed E-state index contributed by atoms with van der Waals surface area (Å²) in [5.74, 6) is 0.644. The molecule has 0 saturated heterocycles. The van der Waals surface area contributed by atoms with Gasteiger partial charge in [-0.2, -0.15) is 0 Å². The fraction of sp³-hybridized carbons (Fsp3) is 0.455. The molecule has 2 heteroatoms. The summed E-state index contributed by atoms with van der Waals surface area (Å²) in [5, 5.41) is 0.821. The average Bonchev–Trinajstić information content (AvgIpc) is 2.79. The molecule has 1 aliphatic rings. The zero-order valence-electron chi connectivity index (χ0n) is 7.76. The van der Waals surface area contributed by atoms with Crippen LogP contribution in [0.3, 0.4) is 0 Å². The first kappa shape index (κ1) is 9.04. The fourth-order valence-electron chi connectivity index (χ4n) is 1.99. The Kier molecular flexibility index (Phi) is 2.09. The van der Waals surface area contributed by atoms with Crippen molar-refractivity contribution in [3.63, 3.8) is 0 Å². The zero-order chi connectivity index (χ0) is 9.47. The van der Waals surface area contributed by atoms with Crippen LogP contribution in [0.2, 0.25) is 5.02 Å². The van der Waals surface area contributed by atoms with Crippen LogP contribution in [-0.2, 0) is 5.41 Å². The maximum atomic E-state index is 5.94. The Balaban J connectivity index is 2.27. The monoisotopic (exact) mass is 195 g/mol. The van der Waals surface area contributed by atoms with Gasteiger partial charge in [-0.3, -0.25) is 0 Å². The van der Waals surface area contributed by atoms with E-state index in [0.29, 0.717) is 11.3 Å². The van der Waals surface area contributed by atoms with Crippen LogP contribution in [0.4, 0.5) is 0 Å². The largest absolute Gasteiger partial charge is 0.330 e. The molecule has 1 unspecified atom stereocenters. The van der Waals surface area contributed by atoms with Gasteiger partial charge in [0, 0.05) is 5.02 Å². The molecule has 0 aliphatic heterocycles. The third-order valence-corrected chi connectivity index (χ3v) is 3.42. The lowest BCUT2D eigenvalue weighted by Gasteiger charge is -2.11. The Morgan fingerprint density at radius 2 is 2.38 bits per heavy atom. The van der Waals surface area contributed by atoms with Gasteiger partial charge in [-0.25, -0.2) is 0 Å². The van der Waals surface area contributed by atoms with E-state index in [1.165, 1.54) is 12.0 Å². The zero-order valence-corrected chi connectivity index (χ0v) is 8.51. The van der Waals surface area contributed by atoms with Crippen molar-refractivity contribution in [3.05, 3.63) is 34.9 Å². The highest BCUT2D eigenvalue weighted by molar-refractivity contribution is 6.30. The molecular weight excluding hydrogens is 182 g/mol. The van der Waals surface area contributed by atoms with Crippen molar-refractivity contribution in [2.45, 2.75) is 18.8 Å². The van der Waals surface area contributed by atoms with Crippen molar-refractivity contribution in [1.29, 1.82) is 0 Å². The van der Waals surface area contributed by atoms with Crippen molar-refractivity contribution in [2.75, 3.05) is 6.54 Å². The highest BCUT2D eigenvalue weighted by Crippen LogP contribution is 2.53. The minimum atomic E-state index is 0.291. The minimum Gasteiger partial charge on any atom is -0.330 e. The van der Waals surface area contributed by atoms with Gasteiger partial charge in [0.1, 0.15) is 0 Å².